The quantitative estimate of drug-likeness (QED) is 0.623. The number of carbonyl (C=O) groups is 2. The van der Waals surface area contributed by atoms with Gasteiger partial charge in [0.1, 0.15) is 5.75 Å². The summed E-state index contributed by atoms with van der Waals surface area (Å²) < 4.78 is 5.09. The second kappa shape index (κ2) is 9.15. The fraction of sp³-hybridized carbons (Fsp3) is 0.529. The molecule has 3 N–H and O–H groups in total. The third kappa shape index (κ3) is 5.90. The Morgan fingerprint density at radius 2 is 2.13 bits per heavy atom. The van der Waals surface area contributed by atoms with Gasteiger partial charge < -0.3 is 20.7 Å². The molecule has 1 saturated heterocycles. The van der Waals surface area contributed by atoms with E-state index in [1.54, 1.807) is 31.4 Å². The molecule has 0 bridgehead atoms. The van der Waals surface area contributed by atoms with Crippen LogP contribution in [0, 0.1) is 5.92 Å². The molecule has 1 atom stereocenters. The van der Waals surface area contributed by atoms with Gasteiger partial charge in [0, 0.05) is 25.1 Å². The van der Waals surface area contributed by atoms with Crippen LogP contribution >= 0.6 is 0 Å². The molecule has 2 amide bonds. The number of rotatable bonds is 8. The van der Waals surface area contributed by atoms with Gasteiger partial charge in [-0.2, -0.15) is 0 Å². The molecule has 1 unspecified atom stereocenters. The summed E-state index contributed by atoms with van der Waals surface area (Å²) in [5, 5.41) is 8.92. The SMILES string of the molecule is COc1cccc(C(=O)NCCNC(=O)CCC2CCNC2)c1. The summed E-state index contributed by atoms with van der Waals surface area (Å²) in [6, 6.07) is 6.97. The largest absolute Gasteiger partial charge is 0.497 e. The maximum atomic E-state index is 12.0. The molecule has 1 aromatic rings. The van der Waals surface area contributed by atoms with Gasteiger partial charge in [-0.25, -0.2) is 0 Å². The summed E-state index contributed by atoms with van der Waals surface area (Å²) in [6.45, 7) is 2.93. The zero-order valence-electron chi connectivity index (χ0n) is 13.6. The van der Waals surface area contributed by atoms with E-state index in [1.807, 2.05) is 0 Å². The summed E-state index contributed by atoms with van der Waals surface area (Å²) in [6.07, 6.45) is 2.63. The minimum absolute atomic E-state index is 0.0486. The first-order valence-corrected chi connectivity index (χ1v) is 8.08. The van der Waals surface area contributed by atoms with Gasteiger partial charge in [-0.3, -0.25) is 9.59 Å². The Morgan fingerprint density at radius 1 is 1.30 bits per heavy atom. The Bertz CT molecular complexity index is 528. The topological polar surface area (TPSA) is 79.5 Å². The van der Waals surface area contributed by atoms with Gasteiger partial charge >= 0.3 is 0 Å². The number of hydrogen-bond acceptors (Lipinski definition) is 4. The second-order valence-electron chi connectivity index (χ2n) is 5.74. The Morgan fingerprint density at radius 3 is 2.87 bits per heavy atom. The van der Waals surface area contributed by atoms with Gasteiger partial charge in [-0.1, -0.05) is 6.07 Å². The van der Waals surface area contributed by atoms with Gasteiger partial charge in [0.15, 0.2) is 0 Å². The molecule has 6 heteroatoms. The van der Waals surface area contributed by atoms with Gasteiger partial charge in [0.2, 0.25) is 5.91 Å². The van der Waals surface area contributed by atoms with Gasteiger partial charge in [0.25, 0.3) is 5.91 Å². The van der Waals surface area contributed by atoms with Crippen molar-refractivity contribution in [2.24, 2.45) is 5.92 Å². The van der Waals surface area contributed by atoms with E-state index in [0.717, 1.165) is 25.9 Å². The number of carbonyl (C=O) groups excluding carboxylic acids is 2. The first-order chi connectivity index (χ1) is 11.2. The Balaban J connectivity index is 1.60. The van der Waals surface area contributed by atoms with Crippen molar-refractivity contribution in [2.75, 3.05) is 33.3 Å². The van der Waals surface area contributed by atoms with E-state index < -0.39 is 0 Å². The van der Waals surface area contributed by atoms with Crippen LogP contribution in [0.5, 0.6) is 5.75 Å². The zero-order valence-corrected chi connectivity index (χ0v) is 13.6. The molecular weight excluding hydrogens is 294 g/mol. The zero-order chi connectivity index (χ0) is 16.5. The summed E-state index contributed by atoms with van der Waals surface area (Å²) in [7, 11) is 1.56. The normalized spacial score (nSPS) is 16.8. The van der Waals surface area contributed by atoms with Crippen molar-refractivity contribution in [1.29, 1.82) is 0 Å². The van der Waals surface area contributed by atoms with E-state index in [-0.39, 0.29) is 11.8 Å². The minimum Gasteiger partial charge on any atom is -0.497 e. The van der Waals surface area contributed by atoms with E-state index >= 15 is 0 Å². The van der Waals surface area contributed by atoms with Crippen molar-refractivity contribution in [3.05, 3.63) is 29.8 Å². The van der Waals surface area contributed by atoms with E-state index in [2.05, 4.69) is 16.0 Å². The minimum atomic E-state index is -0.171. The Kier molecular flexibility index (Phi) is 6.87. The number of amides is 2. The number of hydrogen-bond donors (Lipinski definition) is 3. The highest BCUT2D eigenvalue weighted by Crippen LogP contribution is 2.14. The lowest BCUT2D eigenvalue weighted by Crippen LogP contribution is -2.34. The van der Waals surface area contributed by atoms with E-state index in [4.69, 9.17) is 4.74 Å². The third-order valence-electron chi connectivity index (χ3n) is 4.01. The molecule has 1 aromatic carbocycles. The average Bonchev–Trinajstić information content (AvgIpc) is 3.10. The number of ether oxygens (including phenoxy) is 1. The van der Waals surface area contributed by atoms with Crippen molar-refractivity contribution < 1.29 is 14.3 Å². The van der Waals surface area contributed by atoms with Gasteiger partial charge in [0.05, 0.1) is 7.11 Å². The number of benzene rings is 1. The van der Waals surface area contributed by atoms with Crippen molar-refractivity contribution in [1.82, 2.24) is 16.0 Å². The molecule has 0 spiro atoms. The predicted molar refractivity (Wildman–Crippen MR) is 88.5 cm³/mol. The molecule has 1 fully saturated rings. The second-order valence-corrected chi connectivity index (χ2v) is 5.74. The van der Waals surface area contributed by atoms with Crippen LogP contribution in [-0.4, -0.2) is 45.1 Å². The maximum Gasteiger partial charge on any atom is 0.251 e. The van der Waals surface area contributed by atoms with Crippen molar-refractivity contribution in [2.45, 2.75) is 19.3 Å². The fourth-order valence-electron chi connectivity index (χ4n) is 2.63. The maximum absolute atomic E-state index is 12.0. The van der Waals surface area contributed by atoms with Crippen LogP contribution in [0.25, 0.3) is 0 Å². The average molecular weight is 319 g/mol. The fourth-order valence-corrected chi connectivity index (χ4v) is 2.63. The lowest BCUT2D eigenvalue weighted by atomic mass is 10.0. The monoisotopic (exact) mass is 319 g/mol. The molecule has 1 heterocycles. The van der Waals surface area contributed by atoms with E-state index in [9.17, 15) is 9.59 Å². The highest BCUT2D eigenvalue weighted by molar-refractivity contribution is 5.94. The molecule has 6 nitrogen and oxygen atoms in total. The standard InChI is InChI=1S/C17H25N3O3/c1-23-15-4-2-3-14(11-15)17(22)20-10-9-19-16(21)6-5-13-7-8-18-12-13/h2-4,11,13,18H,5-10,12H2,1H3,(H,19,21)(H,20,22). The Labute approximate surface area is 137 Å². The van der Waals surface area contributed by atoms with Crippen LogP contribution in [0.1, 0.15) is 29.6 Å². The molecule has 0 aromatic heterocycles. The van der Waals surface area contributed by atoms with Crippen LogP contribution in [0.3, 0.4) is 0 Å². The van der Waals surface area contributed by atoms with Crippen LogP contribution < -0.4 is 20.7 Å². The highest BCUT2D eigenvalue weighted by Gasteiger charge is 2.15. The van der Waals surface area contributed by atoms with Crippen LogP contribution in [-0.2, 0) is 4.79 Å². The summed E-state index contributed by atoms with van der Waals surface area (Å²) in [5.74, 6) is 1.14. The molecule has 126 valence electrons. The summed E-state index contributed by atoms with van der Waals surface area (Å²) >= 11 is 0. The molecule has 2 rings (SSSR count). The molecule has 0 aliphatic carbocycles. The predicted octanol–water partition coefficient (Wildman–Crippen LogP) is 0.931. The van der Waals surface area contributed by atoms with Crippen molar-refractivity contribution >= 4 is 11.8 Å². The lowest BCUT2D eigenvalue weighted by Gasteiger charge is -2.10. The highest BCUT2D eigenvalue weighted by atomic mass is 16.5. The van der Waals surface area contributed by atoms with E-state index in [0.29, 0.717) is 36.7 Å². The summed E-state index contributed by atoms with van der Waals surface area (Å²) in [4.78, 5) is 23.7. The third-order valence-corrected chi connectivity index (χ3v) is 4.01. The number of nitrogens with one attached hydrogen (secondary N) is 3. The number of methoxy groups -OCH3 is 1. The molecule has 0 saturated carbocycles. The van der Waals surface area contributed by atoms with Crippen LogP contribution in [0.15, 0.2) is 24.3 Å². The molecular formula is C17H25N3O3. The molecule has 0 radical (unpaired) electrons. The van der Waals surface area contributed by atoms with Crippen LogP contribution in [0.4, 0.5) is 0 Å². The van der Waals surface area contributed by atoms with E-state index in [1.165, 1.54) is 0 Å². The van der Waals surface area contributed by atoms with Crippen molar-refractivity contribution in [3.8, 4) is 5.75 Å². The molecule has 1 aliphatic rings. The Hall–Kier alpha value is -2.08. The summed E-state index contributed by atoms with van der Waals surface area (Å²) in [5.41, 5.74) is 0.546. The van der Waals surface area contributed by atoms with Crippen LogP contribution in [0.2, 0.25) is 0 Å². The molecule has 23 heavy (non-hydrogen) atoms. The first kappa shape index (κ1) is 17.3. The van der Waals surface area contributed by atoms with Gasteiger partial charge in [-0.15, -0.1) is 0 Å². The lowest BCUT2D eigenvalue weighted by molar-refractivity contribution is -0.121. The first-order valence-electron chi connectivity index (χ1n) is 8.08. The molecule has 1 aliphatic heterocycles. The smallest absolute Gasteiger partial charge is 0.251 e. The van der Waals surface area contributed by atoms with Crippen molar-refractivity contribution in [3.63, 3.8) is 0 Å². The van der Waals surface area contributed by atoms with Gasteiger partial charge in [-0.05, 0) is 50.0 Å².